The molecule has 4 N–H and O–H groups in total. The van der Waals surface area contributed by atoms with Crippen molar-refractivity contribution in [1.82, 2.24) is 30.9 Å². The molecule has 15 heteroatoms. The van der Waals surface area contributed by atoms with E-state index >= 15 is 0 Å². The predicted octanol–water partition coefficient (Wildman–Crippen LogP) is 3.95. The Morgan fingerprint density at radius 3 is 2.45 bits per heavy atom. The van der Waals surface area contributed by atoms with Gasteiger partial charge in [-0.3, -0.25) is 19.2 Å². The van der Waals surface area contributed by atoms with Crippen molar-refractivity contribution in [3.8, 4) is 0 Å². The van der Waals surface area contributed by atoms with Gasteiger partial charge in [0.1, 0.15) is 17.9 Å². The maximum atomic E-state index is 13.9. The molecule has 4 amide bonds. The third-order valence-electron chi connectivity index (χ3n) is 9.23. The van der Waals surface area contributed by atoms with Gasteiger partial charge in [-0.15, -0.1) is 0 Å². The lowest BCUT2D eigenvalue weighted by atomic mass is 9.91. The van der Waals surface area contributed by atoms with Gasteiger partial charge in [-0.2, -0.15) is 0 Å². The molecule has 0 bridgehead atoms. The van der Waals surface area contributed by atoms with Crippen LogP contribution in [0.25, 0.3) is 11.0 Å². The van der Waals surface area contributed by atoms with Crippen LogP contribution in [0, 0.1) is 11.7 Å². The molecule has 5 rings (SSSR count). The average molecular weight is 714 g/mol. The quantitative estimate of drug-likeness (QED) is 0.217. The Bertz CT molecular complexity index is 1680. The van der Waals surface area contributed by atoms with Crippen molar-refractivity contribution in [3.63, 3.8) is 0 Å². The Hall–Kier alpha value is -4.30. The molecule has 2 saturated heterocycles. The number of rotatable bonds is 11. The fourth-order valence-electron chi connectivity index (χ4n) is 6.29. The van der Waals surface area contributed by atoms with Crippen molar-refractivity contribution < 1.29 is 28.1 Å². The molecule has 262 valence electrons. The van der Waals surface area contributed by atoms with Gasteiger partial charge in [0.15, 0.2) is 10.7 Å². The first-order valence-electron chi connectivity index (χ1n) is 16.5. The van der Waals surface area contributed by atoms with Gasteiger partial charge >= 0.3 is 0 Å². The number of nitrogens with zero attached hydrogens (tertiary/aromatic N) is 3. The summed E-state index contributed by atoms with van der Waals surface area (Å²) in [7, 11) is 0. The van der Waals surface area contributed by atoms with Crippen LogP contribution in [-0.4, -0.2) is 88.5 Å². The first kappa shape index (κ1) is 36.0. The first-order chi connectivity index (χ1) is 23.5. The van der Waals surface area contributed by atoms with Gasteiger partial charge in [-0.1, -0.05) is 37.0 Å². The van der Waals surface area contributed by atoms with Crippen LogP contribution in [0.5, 0.6) is 0 Å². The lowest BCUT2D eigenvalue weighted by molar-refractivity contribution is -0.147. The maximum absolute atomic E-state index is 13.9. The number of aromatic nitrogens is 1. The Morgan fingerprint density at radius 1 is 1.02 bits per heavy atom. The summed E-state index contributed by atoms with van der Waals surface area (Å²) in [5.74, 6) is -1.90. The number of halogens is 2. The fourth-order valence-corrected chi connectivity index (χ4v) is 6.61. The van der Waals surface area contributed by atoms with E-state index in [2.05, 4.69) is 26.4 Å². The van der Waals surface area contributed by atoms with Crippen LogP contribution in [-0.2, 0) is 19.2 Å². The van der Waals surface area contributed by atoms with E-state index in [-0.39, 0.29) is 47.7 Å². The highest BCUT2D eigenvalue weighted by atomic mass is 35.5. The third kappa shape index (κ3) is 9.04. The zero-order chi connectivity index (χ0) is 35.1. The zero-order valence-electron chi connectivity index (χ0n) is 27.5. The second-order valence-electron chi connectivity index (χ2n) is 12.5. The Balaban J connectivity index is 1.11. The summed E-state index contributed by atoms with van der Waals surface area (Å²) >= 11 is 11.1. The van der Waals surface area contributed by atoms with Crippen LogP contribution in [0.3, 0.4) is 0 Å². The molecule has 3 atom stereocenters. The molecule has 0 unspecified atom stereocenters. The lowest BCUT2D eigenvalue weighted by Crippen LogP contribution is -2.57. The number of hydrogen-bond donors (Lipinski definition) is 4. The number of carbonyl (C=O) groups is 4. The van der Waals surface area contributed by atoms with E-state index in [9.17, 15) is 23.6 Å². The van der Waals surface area contributed by atoms with Crippen molar-refractivity contribution in [1.29, 1.82) is 0 Å². The number of fused-ring (bicyclic) bond motifs is 1. The van der Waals surface area contributed by atoms with Crippen LogP contribution in [0.1, 0.15) is 57.6 Å². The highest BCUT2D eigenvalue weighted by Crippen LogP contribution is 2.34. The standard InChI is InChI=1S/C34H41ClFN7O5S/c1-3-20(2)30(40-29(45)19-37-28(44)18-38-34(49)39-24-9-6-22(35)7-10-24)33(47)43-14-4-5-26(43)32(46)42-15-12-21(13-16-42)31-25-11-8-23(36)17-27(25)48-41-31/h6-11,17,20-21,26,30H,3-5,12-16,18-19H2,1-2H3,(H,37,44)(H,40,45)(H2,38,39,49)/t20-,26-,30-/m0/s1. The molecule has 2 aliphatic heterocycles. The molecule has 49 heavy (non-hydrogen) atoms. The summed E-state index contributed by atoms with van der Waals surface area (Å²) in [5, 5.41) is 16.8. The summed E-state index contributed by atoms with van der Waals surface area (Å²) in [6.45, 7) is 4.73. The molecule has 0 spiro atoms. The van der Waals surface area contributed by atoms with Crippen molar-refractivity contribution in [2.75, 3.05) is 38.0 Å². The summed E-state index contributed by atoms with van der Waals surface area (Å²) in [5.41, 5.74) is 1.87. The predicted molar refractivity (Wildman–Crippen MR) is 187 cm³/mol. The van der Waals surface area contributed by atoms with Gasteiger partial charge in [0.2, 0.25) is 23.6 Å². The van der Waals surface area contributed by atoms with Crippen LogP contribution >= 0.6 is 23.8 Å². The Labute approximate surface area is 294 Å². The number of carbonyl (C=O) groups excluding carboxylic acids is 4. The summed E-state index contributed by atoms with van der Waals surface area (Å²) < 4.78 is 19.0. The van der Waals surface area contributed by atoms with E-state index in [4.69, 9.17) is 28.3 Å². The largest absolute Gasteiger partial charge is 0.356 e. The molecule has 0 saturated carbocycles. The highest BCUT2D eigenvalue weighted by molar-refractivity contribution is 7.80. The van der Waals surface area contributed by atoms with Crippen LogP contribution in [0.4, 0.5) is 10.1 Å². The molecular weight excluding hydrogens is 673 g/mol. The molecule has 2 fully saturated rings. The van der Waals surface area contributed by atoms with E-state index < -0.39 is 23.9 Å². The third-order valence-corrected chi connectivity index (χ3v) is 9.73. The number of anilines is 1. The van der Waals surface area contributed by atoms with E-state index in [0.717, 1.165) is 11.1 Å². The Morgan fingerprint density at radius 2 is 1.73 bits per heavy atom. The summed E-state index contributed by atoms with van der Waals surface area (Å²) in [4.78, 5) is 56.3. The second kappa shape index (κ2) is 16.4. The second-order valence-corrected chi connectivity index (χ2v) is 13.4. The van der Waals surface area contributed by atoms with Gasteiger partial charge in [0.25, 0.3) is 0 Å². The van der Waals surface area contributed by atoms with E-state index in [1.165, 1.54) is 12.1 Å². The molecule has 3 heterocycles. The lowest BCUT2D eigenvalue weighted by Gasteiger charge is -2.36. The van der Waals surface area contributed by atoms with E-state index in [0.29, 0.717) is 68.0 Å². The Kier molecular flexibility index (Phi) is 12.0. The molecule has 2 aromatic carbocycles. The number of likely N-dealkylation sites (tertiary alicyclic amines) is 2. The minimum atomic E-state index is -0.854. The molecule has 1 aromatic heterocycles. The zero-order valence-corrected chi connectivity index (χ0v) is 29.0. The normalized spacial score (nSPS) is 17.8. The van der Waals surface area contributed by atoms with Crippen molar-refractivity contribution in [2.24, 2.45) is 5.92 Å². The molecule has 3 aromatic rings. The van der Waals surface area contributed by atoms with Gasteiger partial charge in [0.05, 0.1) is 18.8 Å². The van der Waals surface area contributed by atoms with Crippen molar-refractivity contribution >= 4 is 69.2 Å². The number of benzene rings is 2. The van der Waals surface area contributed by atoms with Gasteiger partial charge in [0, 0.05) is 47.7 Å². The topological polar surface area (TPSA) is 149 Å². The maximum Gasteiger partial charge on any atom is 0.246 e. The van der Waals surface area contributed by atoms with E-state index in [1.807, 2.05) is 13.8 Å². The smallest absolute Gasteiger partial charge is 0.246 e. The minimum absolute atomic E-state index is 0.0703. The van der Waals surface area contributed by atoms with Crippen molar-refractivity contribution in [3.05, 3.63) is 59.0 Å². The molecular formula is C34H41ClFN7O5S. The number of amides is 4. The SMILES string of the molecule is CC[C@H](C)[C@H](NC(=O)CNC(=O)CNC(=S)Nc1ccc(Cl)cc1)C(=O)N1CCC[C@H]1C(=O)N1CCC(c2noc3cc(F)ccc23)CC1. The summed E-state index contributed by atoms with van der Waals surface area (Å²) in [6.07, 6.45) is 3.18. The molecule has 12 nitrogen and oxygen atoms in total. The van der Waals surface area contributed by atoms with Gasteiger partial charge in [-0.25, -0.2) is 4.39 Å². The van der Waals surface area contributed by atoms with E-state index in [1.54, 1.807) is 40.1 Å². The average Bonchev–Trinajstić information content (AvgIpc) is 3.76. The molecule has 2 aliphatic rings. The van der Waals surface area contributed by atoms with Crippen LogP contribution in [0.2, 0.25) is 5.02 Å². The number of nitrogens with one attached hydrogen (secondary N) is 4. The monoisotopic (exact) mass is 713 g/mol. The van der Waals surface area contributed by atoms with Gasteiger partial charge in [-0.05, 0) is 80.2 Å². The van der Waals surface area contributed by atoms with Crippen molar-refractivity contribution in [2.45, 2.75) is 64.0 Å². The molecule has 0 aliphatic carbocycles. The fraction of sp³-hybridized carbons (Fsp3) is 0.471. The van der Waals surface area contributed by atoms with Crippen LogP contribution in [0.15, 0.2) is 47.0 Å². The number of piperidine rings is 1. The first-order valence-corrected chi connectivity index (χ1v) is 17.3. The van der Waals surface area contributed by atoms with Crippen LogP contribution < -0.4 is 21.3 Å². The minimum Gasteiger partial charge on any atom is -0.356 e. The molecule has 0 radical (unpaired) electrons. The summed E-state index contributed by atoms with van der Waals surface area (Å²) in [6, 6.07) is 9.81. The van der Waals surface area contributed by atoms with Gasteiger partial charge < -0.3 is 35.6 Å². The number of hydrogen-bond acceptors (Lipinski definition) is 7. The number of thiocarbonyl (C=S) groups is 1. The highest BCUT2D eigenvalue weighted by Gasteiger charge is 2.41.